The SMILES string of the molecule is CCCCCCCN(CCO)C1CC1. The van der Waals surface area contributed by atoms with Crippen LogP contribution >= 0.6 is 0 Å². The van der Waals surface area contributed by atoms with Crippen LogP contribution in [0.1, 0.15) is 51.9 Å². The standard InChI is InChI=1S/C12H25NO/c1-2-3-4-5-6-9-13(10-11-14)12-7-8-12/h12,14H,2-11H2,1H3. The smallest absolute Gasteiger partial charge is 0.0558 e. The molecule has 1 saturated carbocycles. The molecule has 1 rings (SSSR count). The number of unbranched alkanes of at least 4 members (excludes halogenated alkanes) is 4. The largest absolute Gasteiger partial charge is 0.395 e. The highest BCUT2D eigenvalue weighted by atomic mass is 16.3. The highest BCUT2D eigenvalue weighted by molar-refractivity contribution is 4.84. The van der Waals surface area contributed by atoms with Gasteiger partial charge in [-0.3, -0.25) is 4.90 Å². The molecular formula is C12H25NO. The minimum atomic E-state index is 0.325. The Labute approximate surface area is 88.3 Å². The lowest BCUT2D eigenvalue weighted by atomic mass is 10.1. The van der Waals surface area contributed by atoms with Gasteiger partial charge in [0.2, 0.25) is 0 Å². The van der Waals surface area contributed by atoms with Crippen LogP contribution in [0.3, 0.4) is 0 Å². The van der Waals surface area contributed by atoms with Crippen LogP contribution in [0.15, 0.2) is 0 Å². The maximum absolute atomic E-state index is 8.91. The number of aliphatic hydroxyl groups is 1. The minimum absolute atomic E-state index is 0.325. The molecule has 0 aromatic rings. The average molecular weight is 199 g/mol. The van der Waals surface area contributed by atoms with Crippen LogP contribution in [0.5, 0.6) is 0 Å². The average Bonchev–Trinajstić information content (AvgIpc) is 2.99. The summed E-state index contributed by atoms with van der Waals surface area (Å²) >= 11 is 0. The highest BCUT2D eigenvalue weighted by Gasteiger charge is 2.27. The molecule has 0 unspecified atom stereocenters. The quantitative estimate of drug-likeness (QED) is 0.576. The van der Waals surface area contributed by atoms with Crippen molar-refractivity contribution >= 4 is 0 Å². The Balaban J connectivity index is 1.96. The van der Waals surface area contributed by atoms with Gasteiger partial charge in [0.1, 0.15) is 0 Å². The second-order valence-corrected chi connectivity index (χ2v) is 4.40. The monoisotopic (exact) mass is 199 g/mol. The lowest BCUT2D eigenvalue weighted by Crippen LogP contribution is -2.30. The van der Waals surface area contributed by atoms with E-state index < -0.39 is 0 Å². The fourth-order valence-electron chi connectivity index (χ4n) is 1.96. The molecule has 0 aromatic heterocycles. The molecule has 0 atom stereocenters. The van der Waals surface area contributed by atoms with Crippen LogP contribution in [-0.4, -0.2) is 35.7 Å². The number of nitrogens with zero attached hydrogens (tertiary/aromatic N) is 1. The third kappa shape index (κ3) is 4.97. The zero-order valence-electron chi connectivity index (χ0n) is 9.54. The maximum Gasteiger partial charge on any atom is 0.0558 e. The summed E-state index contributed by atoms with van der Waals surface area (Å²) in [4.78, 5) is 2.46. The molecule has 1 aliphatic rings. The van der Waals surface area contributed by atoms with Crippen molar-refractivity contribution in [2.24, 2.45) is 0 Å². The van der Waals surface area contributed by atoms with Crippen molar-refractivity contribution in [2.45, 2.75) is 57.9 Å². The molecule has 0 amide bonds. The van der Waals surface area contributed by atoms with E-state index in [0.717, 1.165) is 12.6 Å². The summed E-state index contributed by atoms with van der Waals surface area (Å²) in [5, 5.41) is 8.91. The summed E-state index contributed by atoms with van der Waals surface area (Å²) in [6.07, 6.45) is 9.48. The zero-order chi connectivity index (χ0) is 10.2. The Hall–Kier alpha value is -0.0800. The van der Waals surface area contributed by atoms with E-state index in [-0.39, 0.29) is 0 Å². The van der Waals surface area contributed by atoms with E-state index in [1.807, 2.05) is 0 Å². The minimum Gasteiger partial charge on any atom is -0.395 e. The van der Waals surface area contributed by atoms with Gasteiger partial charge in [0, 0.05) is 12.6 Å². The molecule has 0 aliphatic heterocycles. The first-order valence-corrected chi connectivity index (χ1v) is 6.23. The van der Waals surface area contributed by atoms with Gasteiger partial charge in [0.15, 0.2) is 0 Å². The van der Waals surface area contributed by atoms with Gasteiger partial charge in [-0.05, 0) is 25.8 Å². The molecule has 2 heteroatoms. The Morgan fingerprint density at radius 2 is 1.79 bits per heavy atom. The molecule has 0 aromatic carbocycles. The van der Waals surface area contributed by atoms with Crippen LogP contribution in [-0.2, 0) is 0 Å². The van der Waals surface area contributed by atoms with Crippen molar-refractivity contribution in [3.05, 3.63) is 0 Å². The summed E-state index contributed by atoms with van der Waals surface area (Å²) in [5.74, 6) is 0. The summed E-state index contributed by atoms with van der Waals surface area (Å²) in [6, 6.07) is 0.813. The molecular weight excluding hydrogens is 174 g/mol. The molecule has 1 aliphatic carbocycles. The normalized spacial score (nSPS) is 16.5. The van der Waals surface area contributed by atoms with Gasteiger partial charge in [-0.1, -0.05) is 32.6 Å². The summed E-state index contributed by atoms with van der Waals surface area (Å²) in [6.45, 7) is 4.67. The van der Waals surface area contributed by atoms with Gasteiger partial charge in [0.05, 0.1) is 6.61 Å². The van der Waals surface area contributed by atoms with E-state index in [2.05, 4.69) is 11.8 Å². The number of hydrogen-bond acceptors (Lipinski definition) is 2. The van der Waals surface area contributed by atoms with Gasteiger partial charge in [-0.25, -0.2) is 0 Å². The van der Waals surface area contributed by atoms with Crippen molar-refractivity contribution in [3.8, 4) is 0 Å². The first-order valence-electron chi connectivity index (χ1n) is 6.23. The van der Waals surface area contributed by atoms with Crippen LogP contribution < -0.4 is 0 Å². The van der Waals surface area contributed by atoms with E-state index in [0.29, 0.717) is 6.61 Å². The number of rotatable bonds is 9. The van der Waals surface area contributed by atoms with Crippen molar-refractivity contribution in [1.82, 2.24) is 4.90 Å². The van der Waals surface area contributed by atoms with Crippen molar-refractivity contribution in [3.63, 3.8) is 0 Å². The van der Waals surface area contributed by atoms with Gasteiger partial charge in [-0.15, -0.1) is 0 Å². The fourth-order valence-corrected chi connectivity index (χ4v) is 1.96. The molecule has 0 bridgehead atoms. The second kappa shape index (κ2) is 7.24. The second-order valence-electron chi connectivity index (χ2n) is 4.40. The lowest BCUT2D eigenvalue weighted by molar-refractivity contribution is 0.186. The van der Waals surface area contributed by atoms with Crippen LogP contribution in [0.4, 0.5) is 0 Å². The third-order valence-corrected chi connectivity index (χ3v) is 3.00. The first-order chi connectivity index (χ1) is 6.88. The zero-order valence-corrected chi connectivity index (χ0v) is 9.54. The Morgan fingerprint density at radius 3 is 2.36 bits per heavy atom. The van der Waals surface area contributed by atoms with Crippen LogP contribution in [0.25, 0.3) is 0 Å². The Morgan fingerprint density at radius 1 is 1.07 bits per heavy atom. The van der Waals surface area contributed by atoms with Crippen molar-refractivity contribution < 1.29 is 5.11 Å². The lowest BCUT2D eigenvalue weighted by Gasteiger charge is -2.20. The van der Waals surface area contributed by atoms with E-state index in [9.17, 15) is 0 Å². The summed E-state index contributed by atoms with van der Waals surface area (Å²) < 4.78 is 0. The Bertz CT molecular complexity index is 134. The first kappa shape index (κ1) is 12.0. The summed E-state index contributed by atoms with van der Waals surface area (Å²) in [7, 11) is 0. The topological polar surface area (TPSA) is 23.5 Å². The number of hydrogen-bond donors (Lipinski definition) is 1. The molecule has 1 N–H and O–H groups in total. The van der Waals surface area contributed by atoms with Crippen LogP contribution in [0, 0.1) is 0 Å². The van der Waals surface area contributed by atoms with Crippen LogP contribution in [0.2, 0.25) is 0 Å². The number of aliphatic hydroxyl groups excluding tert-OH is 1. The summed E-state index contributed by atoms with van der Waals surface area (Å²) in [5.41, 5.74) is 0. The van der Waals surface area contributed by atoms with E-state index in [1.165, 1.54) is 51.5 Å². The third-order valence-electron chi connectivity index (χ3n) is 3.00. The van der Waals surface area contributed by atoms with Gasteiger partial charge in [-0.2, -0.15) is 0 Å². The molecule has 14 heavy (non-hydrogen) atoms. The van der Waals surface area contributed by atoms with E-state index in [1.54, 1.807) is 0 Å². The van der Waals surface area contributed by atoms with Crippen molar-refractivity contribution in [2.75, 3.05) is 19.7 Å². The molecule has 2 nitrogen and oxygen atoms in total. The molecule has 1 fully saturated rings. The van der Waals surface area contributed by atoms with Gasteiger partial charge >= 0.3 is 0 Å². The predicted octanol–water partition coefficient (Wildman–Crippen LogP) is 2.41. The molecule has 0 radical (unpaired) electrons. The fraction of sp³-hybridized carbons (Fsp3) is 1.00. The van der Waals surface area contributed by atoms with Gasteiger partial charge < -0.3 is 5.11 Å². The molecule has 84 valence electrons. The molecule has 0 spiro atoms. The highest BCUT2D eigenvalue weighted by Crippen LogP contribution is 2.26. The maximum atomic E-state index is 8.91. The van der Waals surface area contributed by atoms with Gasteiger partial charge in [0.25, 0.3) is 0 Å². The van der Waals surface area contributed by atoms with E-state index >= 15 is 0 Å². The van der Waals surface area contributed by atoms with E-state index in [4.69, 9.17) is 5.11 Å². The molecule has 0 heterocycles. The van der Waals surface area contributed by atoms with Crippen molar-refractivity contribution in [1.29, 1.82) is 0 Å². The predicted molar refractivity (Wildman–Crippen MR) is 60.4 cm³/mol. The molecule has 0 saturated heterocycles. The Kier molecular flexibility index (Phi) is 6.20.